The highest BCUT2D eigenvalue weighted by molar-refractivity contribution is 14.0. The van der Waals surface area contributed by atoms with E-state index in [1.54, 1.807) is 0 Å². The van der Waals surface area contributed by atoms with Gasteiger partial charge in [-0.05, 0) is 19.8 Å². The Kier molecular flexibility index (Phi) is 11.0. The highest BCUT2D eigenvalue weighted by Crippen LogP contribution is 2.18. The third-order valence-electron chi connectivity index (χ3n) is 4.00. The van der Waals surface area contributed by atoms with E-state index < -0.39 is 0 Å². The predicted octanol–water partition coefficient (Wildman–Crippen LogP) is 1.62. The summed E-state index contributed by atoms with van der Waals surface area (Å²) in [5.41, 5.74) is -0.385. The largest absolute Gasteiger partial charge is 0.469 e. The van der Waals surface area contributed by atoms with Gasteiger partial charge in [-0.2, -0.15) is 0 Å². The van der Waals surface area contributed by atoms with Crippen LogP contribution in [0, 0.1) is 11.3 Å². The Morgan fingerprint density at radius 3 is 2.28 bits per heavy atom. The molecule has 0 aliphatic carbocycles. The first kappa shape index (κ1) is 23.9. The summed E-state index contributed by atoms with van der Waals surface area (Å²) in [6, 6.07) is 0. The Morgan fingerprint density at radius 2 is 1.80 bits per heavy atom. The van der Waals surface area contributed by atoms with Crippen LogP contribution in [0.5, 0.6) is 0 Å². The highest BCUT2D eigenvalue weighted by Gasteiger charge is 2.27. The fraction of sp³-hybridized carbons (Fsp3) is 0.824. The Labute approximate surface area is 168 Å². The third-order valence-corrected chi connectivity index (χ3v) is 4.00. The second-order valence-corrected chi connectivity index (χ2v) is 7.03. The van der Waals surface area contributed by atoms with Gasteiger partial charge < -0.3 is 20.3 Å². The van der Waals surface area contributed by atoms with Crippen molar-refractivity contribution >= 4 is 41.8 Å². The number of amides is 1. The number of hydrogen-bond donors (Lipinski definition) is 2. The first-order chi connectivity index (χ1) is 11.3. The summed E-state index contributed by atoms with van der Waals surface area (Å²) in [5, 5.41) is 6.17. The molecule has 1 saturated heterocycles. The molecule has 0 atom stereocenters. The molecular weight excluding hydrogens is 435 g/mol. The summed E-state index contributed by atoms with van der Waals surface area (Å²) in [7, 11) is 1.44. The van der Waals surface area contributed by atoms with Crippen LogP contribution in [-0.2, 0) is 14.3 Å². The number of aliphatic imine (C=N–C) groups is 1. The molecule has 1 heterocycles. The molecule has 2 N–H and O–H groups in total. The maximum Gasteiger partial charge on any atom is 0.308 e. The minimum atomic E-state index is -0.385. The molecule has 1 fully saturated rings. The lowest BCUT2D eigenvalue weighted by Gasteiger charge is -2.33. The molecule has 1 aliphatic rings. The molecule has 0 aromatic carbocycles. The molecule has 0 bridgehead atoms. The third kappa shape index (κ3) is 8.24. The van der Waals surface area contributed by atoms with Crippen molar-refractivity contribution in [3.8, 4) is 0 Å². The van der Waals surface area contributed by atoms with Crippen LogP contribution in [-0.4, -0.2) is 62.6 Å². The number of ether oxygens (including phenoxy) is 1. The number of piperidine rings is 1. The molecule has 146 valence electrons. The van der Waals surface area contributed by atoms with Gasteiger partial charge in [0.2, 0.25) is 5.91 Å². The monoisotopic (exact) mass is 468 g/mol. The van der Waals surface area contributed by atoms with Gasteiger partial charge >= 0.3 is 5.97 Å². The predicted molar refractivity (Wildman–Crippen MR) is 110 cm³/mol. The Hall–Kier alpha value is -1.06. The summed E-state index contributed by atoms with van der Waals surface area (Å²) >= 11 is 0. The molecule has 0 aromatic rings. The van der Waals surface area contributed by atoms with E-state index in [0.29, 0.717) is 13.1 Å². The Balaban J connectivity index is 0.00000576. The number of hydrogen-bond acceptors (Lipinski definition) is 4. The van der Waals surface area contributed by atoms with Crippen molar-refractivity contribution in [2.75, 3.05) is 39.8 Å². The van der Waals surface area contributed by atoms with Crippen LogP contribution in [0.15, 0.2) is 4.99 Å². The molecule has 1 amide bonds. The number of halogens is 1. The van der Waals surface area contributed by atoms with Gasteiger partial charge in [0, 0.05) is 31.6 Å². The standard InChI is InChI=1S/C17H32N4O3.HI/c1-6-18-16(20-10-9-19-15(23)17(2,3)4)21-11-7-13(8-12-21)14(22)24-5;/h13H,6-12H2,1-5H3,(H,18,20)(H,19,23);1H. The zero-order chi connectivity index (χ0) is 18.2. The smallest absolute Gasteiger partial charge is 0.308 e. The maximum absolute atomic E-state index is 11.8. The van der Waals surface area contributed by atoms with Crippen LogP contribution < -0.4 is 10.6 Å². The summed E-state index contributed by atoms with van der Waals surface area (Å²) in [5.74, 6) is 0.731. The number of carbonyl (C=O) groups is 2. The molecule has 0 spiro atoms. The normalized spacial score (nSPS) is 16.0. The first-order valence-corrected chi connectivity index (χ1v) is 8.69. The van der Waals surface area contributed by atoms with E-state index in [4.69, 9.17) is 4.74 Å². The fourth-order valence-electron chi connectivity index (χ4n) is 2.52. The Morgan fingerprint density at radius 1 is 1.20 bits per heavy atom. The summed E-state index contributed by atoms with van der Waals surface area (Å²) in [6.45, 7) is 11.1. The van der Waals surface area contributed by atoms with Gasteiger partial charge in [0.25, 0.3) is 0 Å². The van der Waals surface area contributed by atoms with Crippen LogP contribution in [0.4, 0.5) is 0 Å². The second-order valence-electron chi connectivity index (χ2n) is 7.03. The van der Waals surface area contributed by atoms with Gasteiger partial charge in [0.05, 0.1) is 19.6 Å². The van der Waals surface area contributed by atoms with Crippen molar-refractivity contribution < 1.29 is 14.3 Å². The van der Waals surface area contributed by atoms with E-state index in [9.17, 15) is 9.59 Å². The van der Waals surface area contributed by atoms with Gasteiger partial charge in [-0.25, -0.2) is 0 Å². The molecule has 1 aliphatic heterocycles. The van der Waals surface area contributed by atoms with Crippen molar-refractivity contribution in [2.45, 2.75) is 40.5 Å². The zero-order valence-electron chi connectivity index (χ0n) is 16.1. The van der Waals surface area contributed by atoms with E-state index in [1.807, 2.05) is 27.7 Å². The van der Waals surface area contributed by atoms with Crippen molar-refractivity contribution in [1.29, 1.82) is 0 Å². The second kappa shape index (κ2) is 11.5. The number of nitrogens with one attached hydrogen (secondary N) is 2. The summed E-state index contributed by atoms with van der Waals surface area (Å²) < 4.78 is 4.82. The van der Waals surface area contributed by atoms with Gasteiger partial charge in [0.1, 0.15) is 0 Å². The maximum atomic E-state index is 11.8. The van der Waals surface area contributed by atoms with Gasteiger partial charge in [0.15, 0.2) is 5.96 Å². The van der Waals surface area contributed by atoms with E-state index in [2.05, 4.69) is 20.5 Å². The molecule has 0 radical (unpaired) electrons. The average molecular weight is 468 g/mol. The van der Waals surface area contributed by atoms with Gasteiger partial charge in [-0.3, -0.25) is 14.6 Å². The van der Waals surface area contributed by atoms with Crippen LogP contribution in [0.2, 0.25) is 0 Å². The topological polar surface area (TPSA) is 83.0 Å². The number of methoxy groups -OCH3 is 1. The number of guanidine groups is 1. The van der Waals surface area contributed by atoms with E-state index in [0.717, 1.165) is 38.4 Å². The molecule has 1 rings (SSSR count). The van der Waals surface area contributed by atoms with E-state index in [1.165, 1.54) is 7.11 Å². The minimum Gasteiger partial charge on any atom is -0.469 e. The number of carbonyl (C=O) groups excluding carboxylic acids is 2. The van der Waals surface area contributed by atoms with Crippen molar-refractivity contribution in [1.82, 2.24) is 15.5 Å². The quantitative estimate of drug-likeness (QED) is 0.211. The summed E-state index contributed by atoms with van der Waals surface area (Å²) in [4.78, 5) is 30.2. The number of esters is 1. The number of nitrogens with zero attached hydrogens (tertiary/aromatic N) is 2. The molecule has 0 unspecified atom stereocenters. The van der Waals surface area contributed by atoms with Crippen molar-refractivity contribution in [3.05, 3.63) is 0 Å². The lowest BCUT2D eigenvalue weighted by atomic mass is 9.96. The van der Waals surface area contributed by atoms with Gasteiger partial charge in [-0.15, -0.1) is 24.0 Å². The Bertz CT molecular complexity index is 455. The minimum absolute atomic E-state index is 0. The molecule has 25 heavy (non-hydrogen) atoms. The molecule has 0 aromatic heterocycles. The van der Waals surface area contributed by atoms with Crippen LogP contribution in [0.1, 0.15) is 40.5 Å². The molecule has 8 heteroatoms. The highest BCUT2D eigenvalue weighted by atomic mass is 127. The lowest BCUT2D eigenvalue weighted by molar-refractivity contribution is -0.146. The van der Waals surface area contributed by atoms with Crippen LogP contribution >= 0.6 is 24.0 Å². The van der Waals surface area contributed by atoms with Gasteiger partial charge in [-0.1, -0.05) is 20.8 Å². The lowest BCUT2D eigenvalue weighted by Crippen LogP contribution is -2.47. The fourth-order valence-corrected chi connectivity index (χ4v) is 2.52. The van der Waals surface area contributed by atoms with Crippen LogP contribution in [0.3, 0.4) is 0 Å². The molecule has 0 saturated carbocycles. The average Bonchev–Trinajstić information content (AvgIpc) is 2.56. The zero-order valence-corrected chi connectivity index (χ0v) is 18.4. The van der Waals surface area contributed by atoms with E-state index in [-0.39, 0.29) is 47.2 Å². The van der Waals surface area contributed by atoms with Crippen LogP contribution in [0.25, 0.3) is 0 Å². The SMILES string of the molecule is CCNC(=NCCNC(=O)C(C)(C)C)N1CCC(C(=O)OC)CC1.I. The first-order valence-electron chi connectivity index (χ1n) is 8.69. The number of rotatable bonds is 5. The molecule has 7 nitrogen and oxygen atoms in total. The van der Waals surface area contributed by atoms with E-state index >= 15 is 0 Å². The van der Waals surface area contributed by atoms with Crippen molar-refractivity contribution in [2.24, 2.45) is 16.3 Å². The summed E-state index contributed by atoms with van der Waals surface area (Å²) in [6.07, 6.45) is 1.55. The number of likely N-dealkylation sites (tertiary alicyclic amines) is 1. The van der Waals surface area contributed by atoms with Crippen molar-refractivity contribution in [3.63, 3.8) is 0 Å². The molecular formula is C17H33IN4O3.